The van der Waals surface area contributed by atoms with Crippen molar-refractivity contribution in [2.24, 2.45) is 16.7 Å². The number of ether oxygens (including phenoxy) is 4. The summed E-state index contributed by atoms with van der Waals surface area (Å²) in [6, 6.07) is 0. The number of methoxy groups -OCH3 is 1. The van der Waals surface area contributed by atoms with Crippen LogP contribution in [0.25, 0.3) is 0 Å². The van der Waals surface area contributed by atoms with E-state index in [2.05, 4.69) is 65.3 Å². The lowest BCUT2D eigenvalue weighted by atomic mass is 9.71. The molecule has 2 rings (SSSR count). The Balaban J connectivity index is 1.99. The van der Waals surface area contributed by atoms with Crippen molar-refractivity contribution in [3.05, 3.63) is 0 Å². The second-order valence-electron chi connectivity index (χ2n) is 11.9. The van der Waals surface area contributed by atoms with Gasteiger partial charge in [-0.15, -0.1) is 0 Å². The molecule has 0 amide bonds. The van der Waals surface area contributed by atoms with Crippen molar-refractivity contribution in [3.63, 3.8) is 0 Å². The van der Waals surface area contributed by atoms with Gasteiger partial charge in [0.25, 0.3) is 0 Å². The molecule has 4 unspecified atom stereocenters. The number of hydrogen-bond donors (Lipinski definition) is 0. The first kappa shape index (κ1) is 27.5. The van der Waals surface area contributed by atoms with Gasteiger partial charge in [-0.1, -0.05) is 48.5 Å². The smallest absolute Gasteiger partial charge is 0.320 e. The molecule has 2 heterocycles. The Morgan fingerprint density at radius 2 is 1.66 bits per heavy atom. The zero-order valence-electron chi connectivity index (χ0n) is 22.1. The topological polar surface area (TPSA) is 60.5 Å². The zero-order valence-corrected chi connectivity index (χ0v) is 22.1. The summed E-state index contributed by atoms with van der Waals surface area (Å²) in [6.07, 6.45) is -0.832. The lowest BCUT2D eigenvalue weighted by Crippen LogP contribution is -2.54. The molecule has 0 aromatic heterocycles. The molecule has 2 aliphatic rings. The summed E-state index contributed by atoms with van der Waals surface area (Å²) in [7, 11) is 3.77. The summed E-state index contributed by atoms with van der Waals surface area (Å²) in [4.78, 5) is 17.1. The maximum Gasteiger partial charge on any atom is 0.320 e. The van der Waals surface area contributed by atoms with E-state index in [4.69, 9.17) is 18.9 Å². The lowest BCUT2D eigenvalue weighted by molar-refractivity contribution is -0.284. The summed E-state index contributed by atoms with van der Waals surface area (Å²) in [5, 5.41) is 0. The van der Waals surface area contributed by atoms with Crippen molar-refractivity contribution in [1.82, 2.24) is 9.80 Å². The Labute approximate surface area is 196 Å². The molecule has 6 atom stereocenters. The molecule has 0 radical (unpaired) electrons. The van der Waals surface area contributed by atoms with Crippen molar-refractivity contribution in [2.45, 2.75) is 92.5 Å². The minimum Gasteiger partial charge on any atom is -0.456 e. The molecule has 0 aliphatic carbocycles. The number of piperazine rings is 1. The second-order valence-corrected chi connectivity index (χ2v) is 11.9. The van der Waals surface area contributed by atoms with Crippen molar-refractivity contribution in [3.8, 4) is 0 Å². The van der Waals surface area contributed by atoms with Crippen LogP contribution in [-0.4, -0.2) is 93.4 Å². The second kappa shape index (κ2) is 11.1. The predicted octanol–water partition coefficient (Wildman–Crippen LogP) is 3.41. The van der Waals surface area contributed by atoms with Crippen LogP contribution in [0.15, 0.2) is 0 Å². The molecule has 0 bridgehead atoms. The Morgan fingerprint density at radius 1 is 1.06 bits per heavy atom. The molecule has 0 aromatic rings. The minimum atomic E-state index is -0.437. The van der Waals surface area contributed by atoms with Crippen molar-refractivity contribution < 1.29 is 23.7 Å². The first-order valence-electron chi connectivity index (χ1n) is 12.2. The van der Waals surface area contributed by atoms with Crippen LogP contribution in [0.4, 0.5) is 0 Å². The standard InChI is InChI=1S/C25H48N2O5/c1-17(24(3,4)5)23(25(6,7)8)32-21-15-19(29-10)22(18(2)30-21)31-20(28)16-27-13-11-26(9)12-14-27/h17-19,21-23H,11-16H2,1-10H3/t17-,18?,19?,21?,22?,23+/m1/s1. The van der Waals surface area contributed by atoms with Crippen LogP contribution in [0.5, 0.6) is 0 Å². The first-order valence-corrected chi connectivity index (χ1v) is 12.2. The quantitative estimate of drug-likeness (QED) is 0.544. The molecule has 188 valence electrons. The SMILES string of the molecule is COC1CC(O[C@@H]([C@@H](C)C(C)(C)C)C(C)(C)C)OC(C)C1OC(=O)CN1CCN(C)CC1. The van der Waals surface area contributed by atoms with Gasteiger partial charge >= 0.3 is 5.97 Å². The third kappa shape index (κ3) is 7.66. The van der Waals surface area contributed by atoms with Gasteiger partial charge in [-0.2, -0.15) is 0 Å². The van der Waals surface area contributed by atoms with Crippen molar-refractivity contribution in [1.29, 1.82) is 0 Å². The van der Waals surface area contributed by atoms with Crippen LogP contribution < -0.4 is 0 Å². The molecular formula is C25H48N2O5. The Morgan fingerprint density at radius 3 is 2.16 bits per heavy atom. The molecule has 2 fully saturated rings. The molecule has 7 heteroatoms. The molecule has 7 nitrogen and oxygen atoms in total. The Kier molecular flexibility index (Phi) is 9.57. The van der Waals surface area contributed by atoms with Gasteiger partial charge in [-0.05, 0) is 30.7 Å². The van der Waals surface area contributed by atoms with Gasteiger partial charge in [-0.3, -0.25) is 9.69 Å². The van der Waals surface area contributed by atoms with Crippen LogP contribution in [-0.2, 0) is 23.7 Å². The average molecular weight is 457 g/mol. The number of rotatable bonds is 7. The van der Waals surface area contributed by atoms with E-state index in [1.165, 1.54) is 0 Å². The molecule has 32 heavy (non-hydrogen) atoms. The number of esters is 1. The van der Waals surface area contributed by atoms with Gasteiger partial charge in [0.15, 0.2) is 12.4 Å². The molecule has 0 aromatic carbocycles. The summed E-state index contributed by atoms with van der Waals surface area (Å²) >= 11 is 0. The highest BCUT2D eigenvalue weighted by Crippen LogP contribution is 2.40. The highest BCUT2D eigenvalue weighted by Gasteiger charge is 2.44. The van der Waals surface area contributed by atoms with E-state index in [0.29, 0.717) is 18.9 Å². The molecule has 0 spiro atoms. The highest BCUT2D eigenvalue weighted by molar-refractivity contribution is 5.72. The van der Waals surface area contributed by atoms with Gasteiger partial charge in [0.1, 0.15) is 6.10 Å². The van der Waals surface area contributed by atoms with Gasteiger partial charge in [0.2, 0.25) is 0 Å². The van der Waals surface area contributed by atoms with Crippen LogP contribution in [0, 0.1) is 16.7 Å². The van der Waals surface area contributed by atoms with E-state index < -0.39 is 12.4 Å². The fourth-order valence-corrected chi connectivity index (χ4v) is 4.56. The zero-order chi connectivity index (χ0) is 24.3. The number of nitrogens with zero attached hydrogens (tertiary/aromatic N) is 2. The number of carbonyl (C=O) groups is 1. The molecule has 0 saturated carbocycles. The molecule has 0 N–H and O–H groups in total. The Bertz CT molecular complexity index is 592. The Hall–Kier alpha value is -0.730. The van der Waals surface area contributed by atoms with E-state index in [0.717, 1.165) is 26.2 Å². The molecule has 2 saturated heterocycles. The third-order valence-electron chi connectivity index (χ3n) is 7.11. The highest BCUT2D eigenvalue weighted by atomic mass is 16.7. The predicted molar refractivity (Wildman–Crippen MR) is 127 cm³/mol. The normalized spacial score (nSPS) is 30.7. The van der Waals surface area contributed by atoms with E-state index in [-0.39, 0.29) is 35.1 Å². The van der Waals surface area contributed by atoms with Crippen LogP contribution in [0.2, 0.25) is 0 Å². The number of likely N-dealkylation sites (N-methyl/N-ethyl adjacent to an activating group) is 1. The first-order chi connectivity index (χ1) is 14.7. The number of hydrogen-bond acceptors (Lipinski definition) is 7. The fourth-order valence-electron chi connectivity index (χ4n) is 4.56. The third-order valence-corrected chi connectivity index (χ3v) is 7.11. The van der Waals surface area contributed by atoms with Gasteiger partial charge in [0, 0.05) is 39.7 Å². The van der Waals surface area contributed by atoms with Crippen LogP contribution in [0.3, 0.4) is 0 Å². The van der Waals surface area contributed by atoms with Gasteiger partial charge < -0.3 is 23.8 Å². The van der Waals surface area contributed by atoms with Crippen molar-refractivity contribution >= 4 is 5.97 Å². The van der Waals surface area contributed by atoms with E-state index in [9.17, 15) is 4.79 Å². The monoisotopic (exact) mass is 456 g/mol. The maximum atomic E-state index is 12.6. The fraction of sp³-hybridized carbons (Fsp3) is 0.960. The summed E-state index contributed by atoms with van der Waals surface area (Å²) in [5.41, 5.74) is 0.0773. The van der Waals surface area contributed by atoms with Gasteiger partial charge in [-0.25, -0.2) is 0 Å². The van der Waals surface area contributed by atoms with Crippen molar-refractivity contribution in [2.75, 3.05) is 46.9 Å². The molecule has 2 aliphatic heterocycles. The molecular weight excluding hydrogens is 408 g/mol. The van der Waals surface area contributed by atoms with E-state index in [1.54, 1.807) is 7.11 Å². The van der Waals surface area contributed by atoms with E-state index >= 15 is 0 Å². The van der Waals surface area contributed by atoms with E-state index in [1.807, 2.05) is 6.92 Å². The summed E-state index contributed by atoms with van der Waals surface area (Å²) in [5.74, 6) is 0.117. The van der Waals surface area contributed by atoms with Crippen LogP contribution in [0.1, 0.15) is 61.8 Å². The van der Waals surface area contributed by atoms with Crippen LogP contribution >= 0.6 is 0 Å². The lowest BCUT2D eigenvalue weighted by Gasteiger charge is -2.46. The maximum absolute atomic E-state index is 12.6. The van der Waals surface area contributed by atoms with Gasteiger partial charge in [0.05, 0.1) is 18.8 Å². The minimum absolute atomic E-state index is 0.0218. The summed E-state index contributed by atoms with van der Waals surface area (Å²) < 4.78 is 24.4. The number of carbonyl (C=O) groups excluding carboxylic acids is 1. The average Bonchev–Trinajstić information content (AvgIpc) is 2.67. The largest absolute Gasteiger partial charge is 0.456 e. The summed E-state index contributed by atoms with van der Waals surface area (Å²) in [6.45, 7) is 21.6.